The van der Waals surface area contributed by atoms with Crippen LogP contribution in [0, 0.1) is 24.6 Å². The fourth-order valence-corrected chi connectivity index (χ4v) is 4.72. The molecule has 0 aliphatic rings. The van der Waals surface area contributed by atoms with Gasteiger partial charge in [-0.2, -0.15) is 9.78 Å². The molecule has 1 atom stereocenters. The van der Waals surface area contributed by atoms with Crippen LogP contribution in [0.3, 0.4) is 0 Å². The largest absolute Gasteiger partial charge is 0.476 e. The van der Waals surface area contributed by atoms with Crippen molar-refractivity contribution in [2.45, 2.75) is 45.9 Å². The number of carboxylic acid groups (broad SMARTS) is 1. The Morgan fingerprint density at radius 2 is 1.79 bits per heavy atom. The van der Waals surface area contributed by atoms with Gasteiger partial charge in [-0.05, 0) is 61.7 Å². The molecule has 10 nitrogen and oxygen atoms in total. The van der Waals surface area contributed by atoms with Crippen LogP contribution in [0.15, 0.2) is 47.4 Å². The van der Waals surface area contributed by atoms with Crippen molar-refractivity contribution >= 4 is 27.6 Å². The van der Waals surface area contributed by atoms with E-state index in [4.69, 9.17) is 4.74 Å². The Balaban J connectivity index is 2.14. The van der Waals surface area contributed by atoms with Gasteiger partial charge in [0.2, 0.25) is 21.8 Å². The normalized spacial score (nSPS) is 12.4. The van der Waals surface area contributed by atoms with E-state index in [0.29, 0.717) is 12.1 Å². The maximum absolute atomic E-state index is 13.5. The molecule has 0 aliphatic carbocycles. The number of hydrogen-bond acceptors (Lipinski definition) is 6. The topological polar surface area (TPSA) is 140 Å². The van der Waals surface area contributed by atoms with Crippen molar-refractivity contribution < 1.29 is 32.2 Å². The van der Waals surface area contributed by atoms with Gasteiger partial charge in [0.05, 0.1) is 5.69 Å². The van der Waals surface area contributed by atoms with Gasteiger partial charge in [-0.25, -0.2) is 22.3 Å². The summed E-state index contributed by atoms with van der Waals surface area (Å²) in [6.07, 6.45) is 0.604. The molecule has 3 N–H and O–H groups in total. The van der Waals surface area contributed by atoms with Crippen molar-refractivity contribution in [2.75, 3.05) is 11.9 Å². The maximum atomic E-state index is 13.5. The minimum absolute atomic E-state index is 0.0164. The molecule has 2 aromatic carbocycles. The number of benzene rings is 2. The van der Waals surface area contributed by atoms with Crippen molar-refractivity contribution in [1.29, 1.82) is 0 Å². The monoisotopic (exact) mass is 546 g/mol. The molecule has 1 amide bonds. The summed E-state index contributed by atoms with van der Waals surface area (Å²) in [5.41, 5.74) is 0.373. The number of nitrogens with one attached hydrogen (secondary N) is 2. The number of carbonyl (C=O) groups excluding carboxylic acids is 1. The summed E-state index contributed by atoms with van der Waals surface area (Å²) in [4.78, 5) is 24.0. The van der Waals surface area contributed by atoms with Gasteiger partial charge in [0.25, 0.3) is 0 Å². The second kappa shape index (κ2) is 11.7. The third kappa shape index (κ3) is 6.56. The van der Waals surface area contributed by atoms with Crippen LogP contribution < -0.4 is 14.8 Å². The predicted molar refractivity (Wildman–Crippen MR) is 140 cm³/mol. The first-order valence-corrected chi connectivity index (χ1v) is 13.5. The molecule has 0 saturated carbocycles. The number of hydrogen-bond donors (Lipinski definition) is 3. The number of halogens is 1. The quantitative estimate of drug-likeness (QED) is 0.316. The van der Waals surface area contributed by atoms with E-state index in [1.54, 1.807) is 6.92 Å². The molecule has 3 aromatic rings. The minimum atomic E-state index is -4.12. The van der Waals surface area contributed by atoms with Crippen LogP contribution in [-0.4, -0.2) is 41.7 Å². The molecule has 0 bridgehead atoms. The molecule has 0 aliphatic heterocycles. The van der Waals surface area contributed by atoms with E-state index in [9.17, 15) is 27.5 Å². The molecule has 0 spiro atoms. The summed E-state index contributed by atoms with van der Waals surface area (Å²) in [7, 11) is -4.12. The van der Waals surface area contributed by atoms with E-state index in [1.807, 2.05) is 20.8 Å². The van der Waals surface area contributed by atoms with Gasteiger partial charge < -0.3 is 15.2 Å². The highest BCUT2D eigenvalue weighted by molar-refractivity contribution is 7.89. The average Bonchev–Trinajstić information content (AvgIpc) is 3.19. The van der Waals surface area contributed by atoms with Crippen LogP contribution in [0.25, 0.3) is 5.69 Å². The molecule has 204 valence electrons. The zero-order chi connectivity index (χ0) is 28.2. The number of sulfonamides is 1. The number of carbonyl (C=O) groups is 2. The van der Waals surface area contributed by atoms with Crippen molar-refractivity contribution in [2.24, 2.45) is 11.8 Å². The Kier molecular flexibility index (Phi) is 8.89. The van der Waals surface area contributed by atoms with E-state index in [1.165, 1.54) is 49.4 Å². The van der Waals surface area contributed by atoms with Gasteiger partial charge in [0.1, 0.15) is 16.5 Å². The highest BCUT2D eigenvalue weighted by Gasteiger charge is 2.27. The standard InChI is InChI=1S/C26H31FN4O6S/c1-6-16(4)24(32)29-19-9-12-21(22(13-19)38(35,36)28-14-15(2)3)37-25-17(5)23(26(33)34)30-31(25)20-10-7-18(27)8-11-20/h7-13,15-16,28H,6,14H2,1-5H3,(H,29,32)(H,33,34)/t16-/m1/s1. The van der Waals surface area contributed by atoms with Crippen LogP contribution in [0.4, 0.5) is 10.1 Å². The lowest BCUT2D eigenvalue weighted by Crippen LogP contribution is -2.28. The number of ether oxygens (including phenoxy) is 1. The molecule has 0 unspecified atom stereocenters. The second-order valence-electron chi connectivity index (χ2n) is 9.28. The van der Waals surface area contributed by atoms with Gasteiger partial charge in [-0.1, -0.05) is 27.7 Å². The number of nitrogens with zero attached hydrogens (tertiary/aromatic N) is 2. The van der Waals surface area contributed by atoms with Crippen LogP contribution in [0.1, 0.15) is 50.2 Å². The predicted octanol–water partition coefficient (Wildman–Crippen LogP) is 4.73. The number of anilines is 1. The molecule has 12 heteroatoms. The van der Waals surface area contributed by atoms with Crippen molar-refractivity contribution in [3.05, 3.63) is 59.5 Å². The molecule has 1 aromatic heterocycles. The number of aromatic nitrogens is 2. The molecule has 0 saturated heterocycles. The lowest BCUT2D eigenvalue weighted by Gasteiger charge is -2.17. The molecule has 0 radical (unpaired) electrons. The zero-order valence-corrected chi connectivity index (χ0v) is 22.6. The lowest BCUT2D eigenvalue weighted by atomic mass is 10.1. The second-order valence-corrected chi connectivity index (χ2v) is 11.0. The fourth-order valence-electron chi connectivity index (χ4n) is 3.35. The number of amides is 1. The molecular weight excluding hydrogens is 515 g/mol. The highest BCUT2D eigenvalue weighted by atomic mass is 32.2. The summed E-state index contributed by atoms with van der Waals surface area (Å²) in [6.45, 7) is 8.94. The van der Waals surface area contributed by atoms with Gasteiger partial charge in [-0.3, -0.25) is 4.79 Å². The Morgan fingerprint density at radius 3 is 2.37 bits per heavy atom. The smallest absolute Gasteiger partial charge is 0.356 e. The van der Waals surface area contributed by atoms with Crippen LogP contribution in [0.2, 0.25) is 0 Å². The Labute approximate surface area is 220 Å². The molecule has 0 fully saturated rings. The molecule has 3 rings (SSSR count). The van der Waals surface area contributed by atoms with E-state index in [-0.39, 0.29) is 57.8 Å². The molecule has 38 heavy (non-hydrogen) atoms. The number of aromatic carboxylic acids is 1. The fraction of sp³-hybridized carbons (Fsp3) is 0.346. The van der Waals surface area contributed by atoms with Gasteiger partial charge in [-0.15, -0.1) is 0 Å². The van der Waals surface area contributed by atoms with Crippen molar-refractivity contribution in [3.63, 3.8) is 0 Å². The maximum Gasteiger partial charge on any atom is 0.356 e. The summed E-state index contributed by atoms with van der Waals surface area (Å²) < 4.78 is 49.8. The van der Waals surface area contributed by atoms with Crippen LogP contribution in [0.5, 0.6) is 11.6 Å². The van der Waals surface area contributed by atoms with Crippen LogP contribution >= 0.6 is 0 Å². The van der Waals surface area contributed by atoms with E-state index in [0.717, 1.165) is 4.68 Å². The third-order valence-corrected chi connectivity index (χ3v) is 7.24. The van der Waals surface area contributed by atoms with E-state index in [2.05, 4.69) is 15.1 Å². The number of rotatable bonds is 11. The van der Waals surface area contributed by atoms with E-state index < -0.39 is 21.8 Å². The molecular formula is C26H31FN4O6S. The first-order valence-electron chi connectivity index (χ1n) is 12.0. The SMILES string of the molecule is CC[C@@H](C)C(=O)Nc1ccc(Oc2c(C)c(C(=O)O)nn2-c2ccc(F)cc2)c(S(=O)(=O)NCC(C)C)c1. The molecule has 1 heterocycles. The van der Waals surface area contributed by atoms with Crippen LogP contribution in [-0.2, 0) is 14.8 Å². The number of carboxylic acids is 1. The van der Waals surface area contributed by atoms with Gasteiger partial charge in [0.15, 0.2) is 5.69 Å². The highest BCUT2D eigenvalue weighted by Crippen LogP contribution is 2.35. The van der Waals surface area contributed by atoms with E-state index >= 15 is 0 Å². The minimum Gasteiger partial charge on any atom is -0.476 e. The Hall–Kier alpha value is -3.77. The first-order chi connectivity index (χ1) is 17.8. The Bertz CT molecular complexity index is 1430. The lowest BCUT2D eigenvalue weighted by molar-refractivity contribution is -0.119. The Morgan fingerprint density at radius 1 is 1.13 bits per heavy atom. The van der Waals surface area contributed by atoms with Crippen molar-refractivity contribution in [1.82, 2.24) is 14.5 Å². The van der Waals surface area contributed by atoms with Gasteiger partial charge >= 0.3 is 5.97 Å². The first kappa shape index (κ1) is 28.8. The summed E-state index contributed by atoms with van der Waals surface area (Å²) in [5, 5.41) is 16.4. The summed E-state index contributed by atoms with van der Waals surface area (Å²) in [6, 6.07) is 9.27. The summed E-state index contributed by atoms with van der Waals surface area (Å²) in [5.74, 6) is -2.54. The van der Waals surface area contributed by atoms with Crippen molar-refractivity contribution in [3.8, 4) is 17.3 Å². The average molecular weight is 547 g/mol. The third-order valence-electron chi connectivity index (χ3n) is 5.79. The van der Waals surface area contributed by atoms with Gasteiger partial charge in [0, 0.05) is 23.7 Å². The zero-order valence-electron chi connectivity index (χ0n) is 21.8. The summed E-state index contributed by atoms with van der Waals surface area (Å²) >= 11 is 0.